The van der Waals surface area contributed by atoms with Crippen LogP contribution in [0.1, 0.15) is 89.9 Å². The molecule has 0 aromatic heterocycles. The second kappa shape index (κ2) is 7.98. The molecule has 0 heterocycles. The smallest absolute Gasteiger partial charge is 0.261 e. The molecule has 0 amide bonds. The number of hydrogen-bond donors (Lipinski definition) is 1. The number of hydrogen-bond acceptors (Lipinski definition) is 2. The molecule has 8 rings (SSSR count). The van der Waals surface area contributed by atoms with Crippen molar-refractivity contribution in [1.29, 1.82) is 0 Å². The van der Waals surface area contributed by atoms with Gasteiger partial charge in [-0.2, -0.15) is 8.42 Å². The number of rotatable bonds is 5. The van der Waals surface area contributed by atoms with Gasteiger partial charge in [-0.3, -0.25) is 4.55 Å². The zero-order valence-corrected chi connectivity index (χ0v) is 20.9. The van der Waals surface area contributed by atoms with Crippen molar-refractivity contribution in [2.24, 2.45) is 52.3 Å². The Morgan fingerprint density at radius 3 is 1.27 bits per heavy atom. The highest BCUT2D eigenvalue weighted by Crippen LogP contribution is 2.72. The van der Waals surface area contributed by atoms with Crippen LogP contribution < -0.4 is 0 Å². The molecule has 30 heavy (non-hydrogen) atoms. The van der Waals surface area contributed by atoms with E-state index in [9.17, 15) is 8.42 Å². The van der Waals surface area contributed by atoms with Crippen molar-refractivity contribution in [2.45, 2.75) is 89.9 Å². The van der Waals surface area contributed by atoms with E-state index in [1.807, 2.05) is 0 Å². The van der Waals surface area contributed by atoms with Gasteiger partial charge in [0.2, 0.25) is 0 Å². The molecule has 8 fully saturated rings. The maximum Gasteiger partial charge on any atom is 0.261 e. The van der Waals surface area contributed by atoms with Crippen molar-refractivity contribution in [3.05, 3.63) is 0 Å². The lowest BCUT2D eigenvalue weighted by Crippen LogP contribution is -2.58. The molecule has 0 aromatic rings. The van der Waals surface area contributed by atoms with Crippen LogP contribution in [0.3, 0.4) is 0 Å². The molecule has 172 valence electrons. The Morgan fingerprint density at radius 2 is 1.03 bits per heavy atom. The van der Waals surface area contributed by atoms with Gasteiger partial charge < -0.3 is 0 Å². The van der Waals surface area contributed by atoms with Crippen molar-refractivity contribution in [3.63, 3.8) is 0 Å². The van der Waals surface area contributed by atoms with Gasteiger partial charge in [0.1, 0.15) is 0 Å². The Labute approximate surface area is 186 Å². The summed E-state index contributed by atoms with van der Waals surface area (Å²) in [4.78, 5) is 0. The van der Waals surface area contributed by atoms with Crippen molar-refractivity contribution in [1.82, 2.24) is 0 Å². The third-order valence-electron chi connectivity index (χ3n) is 10.3. The molecule has 0 aromatic carbocycles. The van der Waals surface area contributed by atoms with Gasteiger partial charge in [0, 0.05) is 0 Å². The highest BCUT2D eigenvalue weighted by molar-refractivity contribution is 7.85. The maximum atomic E-state index is 9.19. The molecule has 8 aliphatic carbocycles. The monoisotopic (exact) mass is 454 g/mol. The predicted molar refractivity (Wildman–Crippen MR) is 126 cm³/mol. The largest absolute Gasteiger partial charge is 0.286 e. The topological polar surface area (TPSA) is 54.4 Å². The first-order valence-electron chi connectivity index (χ1n) is 12.8. The first-order chi connectivity index (χ1) is 14.2. The minimum absolute atomic E-state index is 0.715. The van der Waals surface area contributed by atoms with Crippen LogP contribution in [0, 0.1) is 52.3 Å². The molecule has 0 saturated heterocycles. The van der Waals surface area contributed by atoms with E-state index >= 15 is 0 Å². The summed E-state index contributed by atoms with van der Waals surface area (Å²) in [5, 5.41) is 0. The molecule has 0 spiro atoms. The molecule has 0 radical (unpaired) electrons. The Kier molecular flexibility index (Phi) is 5.89. The van der Waals surface area contributed by atoms with Gasteiger partial charge >= 0.3 is 0 Å². The average molecular weight is 455 g/mol. The van der Waals surface area contributed by atoms with Crippen molar-refractivity contribution < 1.29 is 13.0 Å². The van der Waals surface area contributed by atoms with Crippen LogP contribution in [0.4, 0.5) is 0 Å². The fourth-order valence-corrected chi connectivity index (χ4v) is 11.0. The molecule has 5 heteroatoms. The van der Waals surface area contributed by atoms with E-state index in [2.05, 4.69) is 9.24 Å². The Balaban J connectivity index is 0.000000349. The summed E-state index contributed by atoms with van der Waals surface area (Å²) < 4.78 is 25.9. The van der Waals surface area contributed by atoms with Crippen molar-refractivity contribution in [2.75, 3.05) is 12.4 Å². The lowest BCUT2D eigenvalue weighted by atomic mass is 9.38. The SMILES string of the molecule is CS(=O)(=O)O.PCCCC(C12CC3CC(CC(C3)C1)C2)C12CC3CC(CC(C3)C1)C2. The fraction of sp³-hybridized carbons (Fsp3) is 1.00. The Hall–Kier alpha value is 0.340. The first kappa shape index (κ1) is 22.1. The zero-order valence-electron chi connectivity index (χ0n) is 18.9. The third-order valence-corrected chi connectivity index (χ3v) is 10.8. The van der Waals surface area contributed by atoms with E-state index in [-0.39, 0.29) is 0 Å². The molecule has 1 atom stereocenters. The average Bonchev–Trinajstić information content (AvgIpc) is 2.57. The summed E-state index contributed by atoms with van der Waals surface area (Å²) in [6.07, 6.45) is 24.8. The minimum Gasteiger partial charge on any atom is -0.286 e. The summed E-state index contributed by atoms with van der Waals surface area (Å²) >= 11 is 0. The van der Waals surface area contributed by atoms with Gasteiger partial charge in [0.05, 0.1) is 6.26 Å². The van der Waals surface area contributed by atoms with Crippen LogP contribution in [-0.2, 0) is 10.1 Å². The van der Waals surface area contributed by atoms with Gasteiger partial charge in [-0.05, 0) is 148 Å². The predicted octanol–water partition coefficient (Wildman–Crippen LogP) is 6.19. The summed E-state index contributed by atoms with van der Waals surface area (Å²) in [5.41, 5.74) is 1.61. The molecule has 8 aliphatic rings. The van der Waals surface area contributed by atoms with E-state index in [0.29, 0.717) is 6.26 Å². The van der Waals surface area contributed by atoms with Gasteiger partial charge in [-0.15, -0.1) is 9.24 Å². The first-order valence-corrected chi connectivity index (χ1v) is 15.5. The summed E-state index contributed by atoms with van der Waals surface area (Å²) in [6, 6.07) is 0. The van der Waals surface area contributed by atoms with Crippen LogP contribution in [0.25, 0.3) is 0 Å². The molecular weight excluding hydrogens is 411 g/mol. The summed E-state index contributed by atoms with van der Waals surface area (Å²) in [5.74, 6) is 7.94. The van der Waals surface area contributed by atoms with Crippen LogP contribution in [0.15, 0.2) is 0 Å². The Bertz CT molecular complexity index is 623. The van der Waals surface area contributed by atoms with Gasteiger partial charge in [-0.25, -0.2) is 0 Å². The standard InChI is InChI=1S/C24H39P.CH4O3S/c25-3-1-2-22(23-10-16-4-17(11-23)6-18(5-16)12-23)24-13-19-7-20(14-24)9-21(8-19)15-24;1-5(2,3)4/h16-22H,1-15,25H2;1H3,(H,2,3,4). The normalized spacial score (nSPS) is 49.0. The third kappa shape index (κ3) is 4.28. The zero-order chi connectivity index (χ0) is 21.1. The van der Waals surface area contributed by atoms with Gasteiger partial charge in [0.15, 0.2) is 0 Å². The van der Waals surface area contributed by atoms with Crippen LogP contribution >= 0.6 is 9.24 Å². The van der Waals surface area contributed by atoms with Crippen LogP contribution in [0.2, 0.25) is 0 Å². The fourth-order valence-electron chi connectivity index (χ4n) is 10.8. The molecule has 8 bridgehead atoms. The minimum atomic E-state index is -3.67. The molecule has 1 N–H and O–H groups in total. The second-order valence-corrected chi connectivity index (χ2v) is 14.8. The van der Waals surface area contributed by atoms with Gasteiger partial charge in [-0.1, -0.05) is 0 Å². The maximum absolute atomic E-state index is 9.19. The highest BCUT2D eigenvalue weighted by atomic mass is 32.2. The molecule has 3 nitrogen and oxygen atoms in total. The molecular formula is C25H43O3PS. The second-order valence-electron chi connectivity index (χ2n) is 12.8. The van der Waals surface area contributed by atoms with E-state index in [0.717, 1.165) is 52.3 Å². The van der Waals surface area contributed by atoms with Gasteiger partial charge in [0.25, 0.3) is 10.1 Å². The summed E-state index contributed by atoms with van der Waals surface area (Å²) in [7, 11) is -0.623. The van der Waals surface area contributed by atoms with Crippen LogP contribution in [0.5, 0.6) is 0 Å². The van der Waals surface area contributed by atoms with Crippen molar-refractivity contribution >= 4 is 19.4 Å². The summed E-state index contributed by atoms with van der Waals surface area (Å²) in [6.45, 7) is 0. The van der Waals surface area contributed by atoms with Crippen LogP contribution in [-0.4, -0.2) is 25.4 Å². The van der Waals surface area contributed by atoms with E-state index in [4.69, 9.17) is 4.55 Å². The quantitative estimate of drug-likeness (QED) is 0.398. The Morgan fingerprint density at radius 1 is 0.767 bits per heavy atom. The van der Waals surface area contributed by atoms with E-state index in [1.165, 1.54) is 12.6 Å². The molecule has 8 saturated carbocycles. The van der Waals surface area contributed by atoms with E-state index in [1.54, 1.807) is 83.5 Å². The lowest BCUT2D eigenvalue weighted by Gasteiger charge is -2.67. The molecule has 0 aliphatic heterocycles. The highest BCUT2D eigenvalue weighted by Gasteiger charge is 2.62. The van der Waals surface area contributed by atoms with Crippen molar-refractivity contribution in [3.8, 4) is 0 Å². The van der Waals surface area contributed by atoms with E-state index < -0.39 is 10.1 Å². The lowest BCUT2D eigenvalue weighted by molar-refractivity contribution is -0.174. The molecule has 1 unspecified atom stereocenters.